The lowest BCUT2D eigenvalue weighted by atomic mass is 10.0. The number of ketones is 1. The summed E-state index contributed by atoms with van der Waals surface area (Å²) in [6.45, 7) is 4.52. The van der Waals surface area contributed by atoms with Gasteiger partial charge in [0.15, 0.2) is 5.78 Å². The van der Waals surface area contributed by atoms with Crippen molar-refractivity contribution in [2.24, 2.45) is 0 Å². The highest BCUT2D eigenvalue weighted by Crippen LogP contribution is 2.27. The Labute approximate surface area is 171 Å². The monoisotopic (exact) mass is 402 g/mol. The zero-order valence-electron chi connectivity index (χ0n) is 16.4. The van der Waals surface area contributed by atoms with Crippen molar-refractivity contribution in [3.05, 3.63) is 65.4 Å². The number of nitrogens with two attached hydrogens (primary N) is 1. The fourth-order valence-corrected chi connectivity index (χ4v) is 3.48. The fourth-order valence-electron chi connectivity index (χ4n) is 3.48. The van der Waals surface area contributed by atoms with Gasteiger partial charge in [-0.3, -0.25) is 4.79 Å². The molecular weight excluding hydrogens is 376 g/mol. The SMILES string of the molecule is COc1ccc2[nH]c(C)c(C(=O)CC[NH2+]C(C)C(O)c3ccccc3)c2c1.[Cl-]. The number of aromatic nitrogens is 1. The first-order valence-corrected chi connectivity index (χ1v) is 9.27. The third-order valence-electron chi connectivity index (χ3n) is 5.02. The van der Waals surface area contributed by atoms with Crippen LogP contribution in [0.2, 0.25) is 0 Å². The molecule has 1 heterocycles. The van der Waals surface area contributed by atoms with Crippen LogP contribution in [0.25, 0.3) is 10.9 Å². The quantitative estimate of drug-likeness (QED) is 0.454. The summed E-state index contributed by atoms with van der Waals surface area (Å²) in [6.07, 6.45) is -0.142. The van der Waals surface area contributed by atoms with Crippen molar-refractivity contribution < 1.29 is 32.4 Å². The molecule has 6 heteroatoms. The van der Waals surface area contributed by atoms with Gasteiger partial charge in [0.1, 0.15) is 17.9 Å². The normalized spacial score (nSPS) is 13.0. The minimum absolute atomic E-state index is 0. The average Bonchev–Trinajstić information content (AvgIpc) is 3.02. The second kappa shape index (κ2) is 9.73. The number of aliphatic hydroxyl groups is 1. The summed E-state index contributed by atoms with van der Waals surface area (Å²) in [5.41, 5.74) is 3.44. The van der Waals surface area contributed by atoms with E-state index < -0.39 is 6.10 Å². The third-order valence-corrected chi connectivity index (χ3v) is 5.02. The zero-order chi connectivity index (χ0) is 19.4. The number of nitrogens with one attached hydrogen (secondary N) is 1. The van der Waals surface area contributed by atoms with Crippen LogP contribution in [0.3, 0.4) is 0 Å². The van der Waals surface area contributed by atoms with Crippen LogP contribution in [0.15, 0.2) is 48.5 Å². The Bertz CT molecular complexity index is 924. The lowest BCUT2D eigenvalue weighted by Crippen LogP contribution is -3.00. The van der Waals surface area contributed by atoms with Gasteiger partial charge in [-0.25, -0.2) is 0 Å². The summed E-state index contributed by atoms with van der Waals surface area (Å²) in [5, 5.41) is 13.4. The number of benzene rings is 2. The van der Waals surface area contributed by atoms with E-state index in [9.17, 15) is 9.90 Å². The van der Waals surface area contributed by atoms with Crippen LogP contribution in [-0.2, 0) is 0 Å². The summed E-state index contributed by atoms with van der Waals surface area (Å²) in [7, 11) is 1.62. The molecule has 0 saturated carbocycles. The van der Waals surface area contributed by atoms with Gasteiger partial charge in [0.25, 0.3) is 0 Å². The molecule has 0 aliphatic rings. The predicted molar refractivity (Wildman–Crippen MR) is 106 cm³/mol. The van der Waals surface area contributed by atoms with Crippen molar-refractivity contribution in [1.29, 1.82) is 0 Å². The van der Waals surface area contributed by atoms with Gasteiger partial charge in [-0.1, -0.05) is 30.3 Å². The molecule has 2 atom stereocenters. The number of methoxy groups -OCH3 is 1. The molecule has 2 aromatic carbocycles. The maximum Gasteiger partial charge on any atom is 0.170 e. The summed E-state index contributed by atoms with van der Waals surface area (Å²) >= 11 is 0. The van der Waals surface area contributed by atoms with Gasteiger partial charge in [0.05, 0.1) is 20.1 Å². The van der Waals surface area contributed by atoms with Crippen LogP contribution >= 0.6 is 0 Å². The number of Topliss-reactive ketones (excluding diaryl/α,β-unsaturated/α-hetero) is 1. The molecule has 0 saturated heterocycles. The number of ether oxygens (including phenoxy) is 1. The molecule has 0 bridgehead atoms. The first kappa shape index (κ1) is 22.0. The topological polar surface area (TPSA) is 78.9 Å². The van der Waals surface area contributed by atoms with Crippen LogP contribution in [0.5, 0.6) is 5.75 Å². The molecule has 3 rings (SSSR count). The molecule has 150 valence electrons. The zero-order valence-corrected chi connectivity index (χ0v) is 17.2. The van der Waals surface area contributed by atoms with Crippen molar-refractivity contribution in [3.63, 3.8) is 0 Å². The van der Waals surface area contributed by atoms with Crippen LogP contribution in [0.1, 0.15) is 41.1 Å². The van der Waals surface area contributed by atoms with Gasteiger partial charge >= 0.3 is 0 Å². The van der Waals surface area contributed by atoms with E-state index in [4.69, 9.17) is 4.74 Å². The first-order chi connectivity index (χ1) is 13.0. The van der Waals surface area contributed by atoms with E-state index in [0.29, 0.717) is 13.0 Å². The molecule has 0 aliphatic carbocycles. The Morgan fingerprint density at radius 1 is 1.21 bits per heavy atom. The number of carbonyl (C=O) groups excluding carboxylic acids is 1. The van der Waals surface area contributed by atoms with Crippen molar-refractivity contribution in [1.82, 2.24) is 4.98 Å². The van der Waals surface area contributed by atoms with E-state index in [1.807, 2.05) is 67.7 Å². The lowest BCUT2D eigenvalue weighted by Gasteiger charge is -2.17. The smallest absolute Gasteiger partial charge is 0.170 e. The van der Waals surface area contributed by atoms with Gasteiger partial charge < -0.3 is 32.6 Å². The van der Waals surface area contributed by atoms with Crippen LogP contribution in [0, 0.1) is 6.92 Å². The number of aliphatic hydroxyl groups excluding tert-OH is 1. The Kier molecular flexibility index (Phi) is 7.63. The molecule has 1 aromatic heterocycles. The molecule has 0 amide bonds. The summed E-state index contributed by atoms with van der Waals surface area (Å²) in [4.78, 5) is 16.1. The number of halogens is 1. The van der Waals surface area contributed by atoms with Crippen LogP contribution in [-0.4, -0.2) is 35.6 Å². The molecule has 2 unspecified atom stereocenters. The minimum atomic E-state index is -0.555. The number of rotatable bonds is 8. The van der Waals surface area contributed by atoms with Crippen molar-refractivity contribution >= 4 is 16.7 Å². The highest BCUT2D eigenvalue weighted by Gasteiger charge is 2.21. The number of hydrogen-bond donors (Lipinski definition) is 3. The second-order valence-electron chi connectivity index (χ2n) is 6.95. The van der Waals surface area contributed by atoms with Crippen LogP contribution in [0.4, 0.5) is 0 Å². The van der Waals surface area contributed by atoms with Crippen molar-refractivity contribution in [2.45, 2.75) is 32.4 Å². The fraction of sp³-hybridized carbons (Fsp3) is 0.318. The largest absolute Gasteiger partial charge is 1.00 e. The van der Waals surface area contributed by atoms with E-state index in [-0.39, 0.29) is 24.2 Å². The van der Waals surface area contributed by atoms with Crippen molar-refractivity contribution in [2.75, 3.05) is 13.7 Å². The Morgan fingerprint density at radius 3 is 2.61 bits per heavy atom. The summed E-state index contributed by atoms with van der Waals surface area (Å²) in [5.74, 6) is 0.839. The molecule has 0 radical (unpaired) electrons. The molecule has 4 N–H and O–H groups in total. The number of aryl methyl sites for hydroxylation is 1. The second-order valence-corrected chi connectivity index (χ2v) is 6.95. The number of quaternary nitrogens is 1. The first-order valence-electron chi connectivity index (χ1n) is 9.27. The number of hydrogen-bond acceptors (Lipinski definition) is 3. The van der Waals surface area contributed by atoms with Gasteiger partial charge in [-0.05, 0) is 37.6 Å². The highest BCUT2D eigenvalue weighted by molar-refractivity contribution is 6.09. The number of H-pyrrole nitrogens is 1. The molecule has 0 spiro atoms. The number of fused-ring (bicyclic) bond motifs is 1. The van der Waals surface area contributed by atoms with E-state index in [0.717, 1.165) is 33.5 Å². The maximum atomic E-state index is 12.8. The Morgan fingerprint density at radius 2 is 1.93 bits per heavy atom. The number of aromatic amines is 1. The lowest BCUT2D eigenvalue weighted by molar-refractivity contribution is -0.693. The van der Waals surface area contributed by atoms with E-state index in [2.05, 4.69) is 4.98 Å². The summed E-state index contributed by atoms with van der Waals surface area (Å²) < 4.78 is 5.29. The van der Waals surface area contributed by atoms with Gasteiger partial charge in [0.2, 0.25) is 0 Å². The Hall–Kier alpha value is -2.34. The molecular formula is C22H27ClN2O3. The molecule has 3 aromatic rings. The summed E-state index contributed by atoms with van der Waals surface area (Å²) in [6, 6.07) is 15.3. The van der Waals surface area contributed by atoms with E-state index in [1.54, 1.807) is 7.11 Å². The van der Waals surface area contributed by atoms with Gasteiger partial charge in [-0.15, -0.1) is 0 Å². The molecule has 0 fully saturated rings. The Balaban J connectivity index is 0.00000280. The van der Waals surface area contributed by atoms with Crippen molar-refractivity contribution in [3.8, 4) is 5.75 Å². The minimum Gasteiger partial charge on any atom is -1.00 e. The van der Waals surface area contributed by atoms with Crippen LogP contribution < -0.4 is 22.5 Å². The average molecular weight is 403 g/mol. The predicted octanol–water partition coefficient (Wildman–Crippen LogP) is -0.253. The number of carbonyl (C=O) groups is 1. The third kappa shape index (κ3) is 4.73. The maximum absolute atomic E-state index is 12.8. The van der Waals surface area contributed by atoms with Gasteiger partial charge in [-0.2, -0.15) is 0 Å². The van der Waals surface area contributed by atoms with E-state index >= 15 is 0 Å². The molecule has 5 nitrogen and oxygen atoms in total. The molecule has 28 heavy (non-hydrogen) atoms. The van der Waals surface area contributed by atoms with Gasteiger partial charge in [0, 0.05) is 22.2 Å². The standard InChI is InChI=1S/C22H26N2O3.ClH/c1-14-21(18-13-17(27-3)9-10-19(18)24-14)20(25)11-12-23-15(2)22(26)16-7-5-4-6-8-16;/h4-10,13,15,22-24,26H,11-12H2,1-3H3;1H. The highest BCUT2D eigenvalue weighted by atomic mass is 35.5. The van der Waals surface area contributed by atoms with E-state index in [1.165, 1.54) is 0 Å². The molecule has 0 aliphatic heterocycles.